The van der Waals surface area contributed by atoms with Crippen LogP contribution in [0.1, 0.15) is 18.3 Å². The van der Waals surface area contributed by atoms with Crippen molar-refractivity contribution in [1.82, 2.24) is 14.8 Å². The van der Waals surface area contributed by atoms with E-state index in [1.54, 1.807) is 11.8 Å². The van der Waals surface area contributed by atoms with Gasteiger partial charge in [0.25, 0.3) is 0 Å². The number of aryl methyl sites for hydroxylation is 1. The molecular weight excluding hydrogens is 310 g/mol. The maximum absolute atomic E-state index is 5.75. The molecule has 0 saturated heterocycles. The Morgan fingerprint density at radius 2 is 2.16 bits per heavy atom. The highest BCUT2D eigenvalue weighted by atomic mass is 79.9. The maximum Gasteiger partial charge on any atom is 0.164 e. The third-order valence-electron chi connectivity index (χ3n) is 2.73. The number of hydrogen-bond acceptors (Lipinski definition) is 4. The minimum Gasteiger partial charge on any atom is -0.493 e. The van der Waals surface area contributed by atoms with Crippen molar-refractivity contribution in [2.24, 2.45) is 0 Å². The van der Waals surface area contributed by atoms with E-state index in [-0.39, 0.29) is 0 Å². The summed E-state index contributed by atoms with van der Waals surface area (Å²) < 4.78 is 12.9. The number of rotatable bonds is 6. The topological polar surface area (TPSA) is 49.2 Å². The van der Waals surface area contributed by atoms with Crippen LogP contribution >= 0.6 is 15.9 Å². The fraction of sp³-hybridized carbons (Fsp3) is 0.385. The van der Waals surface area contributed by atoms with Crippen molar-refractivity contribution in [3.8, 4) is 11.5 Å². The van der Waals surface area contributed by atoms with Gasteiger partial charge in [-0.1, -0.05) is 22.0 Å². The fourth-order valence-corrected chi connectivity index (χ4v) is 2.07. The first-order valence-corrected chi connectivity index (χ1v) is 7.13. The molecular formula is C13H16BrN3O2. The zero-order valence-electron chi connectivity index (χ0n) is 11.0. The van der Waals surface area contributed by atoms with Crippen molar-refractivity contribution in [1.29, 1.82) is 0 Å². The van der Waals surface area contributed by atoms with Gasteiger partial charge in [-0.3, -0.25) is 0 Å². The van der Waals surface area contributed by atoms with Crippen LogP contribution in [-0.2, 0) is 18.5 Å². The van der Waals surface area contributed by atoms with Gasteiger partial charge >= 0.3 is 0 Å². The molecule has 1 aromatic heterocycles. The lowest BCUT2D eigenvalue weighted by Crippen LogP contribution is -2.07. The van der Waals surface area contributed by atoms with Crippen LogP contribution in [0.5, 0.6) is 11.5 Å². The summed E-state index contributed by atoms with van der Waals surface area (Å²) in [6.07, 6.45) is 1.54. The molecule has 2 aromatic rings. The van der Waals surface area contributed by atoms with E-state index in [0.717, 1.165) is 29.0 Å². The van der Waals surface area contributed by atoms with E-state index in [9.17, 15) is 0 Å². The lowest BCUT2D eigenvalue weighted by Gasteiger charge is -2.11. The molecule has 0 fully saturated rings. The standard InChI is InChI=1S/C13H16BrN3O2/c1-3-17-13(15-9-16-17)8-19-11-5-4-10(7-14)6-12(11)18-2/h4-6,9H,3,7-8H2,1-2H3. The van der Waals surface area contributed by atoms with Crippen LogP contribution in [0.2, 0.25) is 0 Å². The van der Waals surface area contributed by atoms with E-state index < -0.39 is 0 Å². The van der Waals surface area contributed by atoms with Crippen LogP contribution in [0.4, 0.5) is 0 Å². The molecule has 0 spiro atoms. The normalized spacial score (nSPS) is 10.5. The first-order valence-electron chi connectivity index (χ1n) is 6.00. The van der Waals surface area contributed by atoms with Gasteiger partial charge in [0.05, 0.1) is 7.11 Å². The number of hydrogen-bond donors (Lipinski definition) is 0. The molecule has 2 rings (SSSR count). The minimum atomic E-state index is 0.373. The van der Waals surface area contributed by atoms with Gasteiger partial charge in [-0.05, 0) is 24.6 Å². The second kappa shape index (κ2) is 6.56. The highest BCUT2D eigenvalue weighted by Crippen LogP contribution is 2.29. The first-order chi connectivity index (χ1) is 9.28. The highest BCUT2D eigenvalue weighted by molar-refractivity contribution is 9.08. The second-order valence-corrected chi connectivity index (χ2v) is 4.46. The summed E-state index contributed by atoms with van der Waals surface area (Å²) in [6, 6.07) is 5.86. The molecule has 0 aliphatic rings. The number of ether oxygens (including phenoxy) is 2. The Labute approximate surface area is 120 Å². The van der Waals surface area contributed by atoms with Crippen LogP contribution in [0.25, 0.3) is 0 Å². The van der Waals surface area contributed by atoms with Gasteiger partial charge in [-0.25, -0.2) is 9.67 Å². The van der Waals surface area contributed by atoms with Gasteiger partial charge < -0.3 is 9.47 Å². The molecule has 0 unspecified atom stereocenters. The van der Waals surface area contributed by atoms with Gasteiger partial charge in [0.2, 0.25) is 0 Å². The fourth-order valence-electron chi connectivity index (χ4n) is 1.72. The molecule has 102 valence electrons. The Morgan fingerprint density at radius 3 is 2.84 bits per heavy atom. The van der Waals surface area contributed by atoms with E-state index in [4.69, 9.17) is 9.47 Å². The van der Waals surface area contributed by atoms with Crippen LogP contribution < -0.4 is 9.47 Å². The lowest BCUT2D eigenvalue weighted by atomic mass is 10.2. The number of benzene rings is 1. The number of aromatic nitrogens is 3. The summed E-state index contributed by atoms with van der Waals surface area (Å²) in [5.41, 5.74) is 1.14. The van der Waals surface area contributed by atoms with Crippen molar-refractivity contribution >= 4 is 15.9 Å². The highest BCUT2D eigenvalue weighted by Gasteiger charge is 2.08. The summed E-state index contributed by atoms with van der Waals surface area (Å²) >= 11 is 3.42. The van der Waals surface area contributed by atoms with E-state index in [2.05, 4.69) is 26.0 Å². The molecule has 0 amide bonds. The molecule has 19 heavy (non-hydrogen) atoms. The third-order valence-corrected chi connectivity index (χ3v) is 3.38. The Balaban J connectivity index is 2.11. The molecule has 0 bridgehead atoms. The van der Waals surface area contributed by atoms with E-state index in [1.807, 2.05) is 25.1 Å². The predicted octanol–water partition coefficient (Wildman–Crippen LogP) is 2.78. The Morgan fingerprint density at radius 1 is 1.32 bits per heavy atom. The average molecular weight is 326 g/mol. The average Bonchev–Trinajstić information content (AvgIpc) is 2.92. The number of nitrogens with zero attached hydrogens (tertiary/aromatic N) is 3. The Kier molecular flexibility index (Phi) is 4.79. The van der Waals surface area contributed by atoms with Gasteiger partial charge in [-0.2, -0.15) is 5.10 Å². The summed E-state index contributed by atoms with van der Waals surface area (Å²) in [5.74, 6) is 2.23. The second-order valence-electron chi connectivity index (χ2n) is 3.90. The quantitative estimate of drug-likeness (QED) is 0.766. The maximum atomic E-state index is 5.75. The Bertz CT molecular complexity index is 542. The molecule has 5 nitrogen and oxygen atoms in total. The van der Waals surface area contributed by atoms with Gasteiger partial charge in [0.15, 0.2) is 17.3 Å². The molecule has 6 heteroatoms. The molecule has 0 aliphatic heterocycles. The van der Waals surface area contributed by atoms with Crippen molar-refractivity contribution in [2.75, 3.05) is 7.11 Å². The largest absolute Gasteiger partial charge is 0.493 e. The number of halogens is 1. The van der Waals surface area contributed by atoms with Gasteiger partial charge in [0.1, 0.15) is 12.9 Å². The van der Waals surface area contributed by atoms with Crippen LogP contribution in [0.3, 0.4) is 0 Å². The zero-order chi connectivity index (χ0) is 13.7. The molecule has 0 N–H and O–H groups in total. The third kappa shape index (κ3) is 3.26. The summed E-state index contributed by atoms with van der Waals surface area (Å²) in [4.78, 5) is 4.17. The first kappa shape index (κ1) is 13.9. The molecule has 0 saturated carbocycles. The molecule has 0 radical (unpaired) electrons. The van der Waals surface area contributed by atoms with E-state index in [0.29, 0.717) is 12.4 Å². The summed E-state index contributed by atoms with van der Waals surface area (Å²) in [7, 11) is 1.63. The van der Waals surface area contributed by atoms with Crippen molar-refractivity contribution in [2.45, 2.75) is 25.4 Å². The molecule has 0 atom stereocenters. The SMILES string of the molecule is CCn1ncnc1COc1ccc(CBr)cc1OC. The monoisotopic (exact) mass is 325 g/mol. The predicted molar refractivity (Wildman–Crippen MR) is 75.7 cm³/mol. The Hall–Kier alpha value is -1.56. The van der Waals surface area contributed by atoms with Crippen molar-refractivity contribution < 1.29 is 9.47 Å². The molecule has 1 aromatic carbocycles. The van der Waals surface area contributed by atoms with Crippen LogP contribution in [0.15, 0.2) is 24.5 Å². The molecule has 0 aliphatic carbocycles. The zero-order valence-corrected chi connectivity index (χ0v) is 12.6. The minimum absolute atomic E-state index is 0.373. The number of alkyl halides is 1. The van der Waals surface area contributed by atoms with Crippen LogP contribution in [-0.4, -0.2) is 21.9 Å². The van der Waals surface area contributed by atoms with Crippen molar-refractivity contribution in [3.63, 3.8) is 0 Å². The summed E-state index contributed by atoms with van der Waals surface area (Å²) in [5, 5.41) is 4.89. The van der Waals surface area contributed by atoms with Crippen molar-refractivity contribution in [3.05, 3.63) is 35.9 Å². The number of methoxy groups -OCH3 is 1. The van der Waals surface area contributed by atoms with Gasteiger partial charge in [-0.15, -0.1) is 0 Å². The molecule has 1 heterocycles. The van der Waals surface area contributed by atoms with E-state index >= 15 is 0 Å². The van der Waals surface area contributed by atoms with Crippen LogP contribution in [0, 0.1) is 0 Å². The summed E-state index contributed by atoms with van der Waals surface area (Å²) in [6.45, 7) is 3.17. The smallest absolute Gasteiger partial charge is 0.164 e. The van der Waals surface area contributed by atoms with E-state index in [1.165, 1.54) is 6.33 Å². The lowest BCUT2D eigenvalue weighted by molar-refractivity contribution is 0.269. The van der Waals surface area contributed by atoms with Gasteiger partial charge in [0, 0.05) is 11.9 Å².